The molecule has 0 N–H and O–H groups in total. The number of pyridine rings is 1. The Bertz CT molecular complexity index is 1130. The molecule has 3 rings (SSSR count). The molecule has 27 heavy (non-hydrogen) atoms. The topological polar surface area (TPSA) is 63.9 Å². The van der Waals surface area contributed by atoms with Gasteiger partial charge in [-0.05, 0) is 47.1 Å². The van der Waals surface area contributed by atoms with Crippen molar-refractivity contribution < 1.29 is 13.2 Å². The van der Waals surface area contributed by atoms with Crippen molar-refractivity contribution in [3.8, 4) is 5.75 Å². The lowest BCUT2D eigenvalue weighted by atomic mass is 10.2. The van der Waals surface area contributed by atoms with E-state index in [2.05, 4.69) is 20.9 Å². The molecule has 0 amide bonds. The SMILES string of the molecule is Cc1nc2c(OCc3c(Cl)ccc(N(C)S(C)(=O)=O)c3Cl)cccn2c1Br. The van der Waals surface area contributed by atoms with E-state index in [-0.39, 0.29) is 11.6 Å². The maximum absolute atomic E-state index is 11.8. The molecule has 0 aliphatic heterocycles. The van der Waals surface area contributed by atoms with Crippen LogP contribution >= 0.6 is 39.1 Å². The third-order valence-corrected chi connectivity index (χ3v) is 7.01. The van der Waals surface area contributed by atoms with Crippen LogP contribution in [0, 0.1) is 6.92 Å². The van der Waals surface area contributed by atoms with Crippen molar-refractivity contribution in [1.82, 2.24) is 9.38 Å². The fraction of sp³-hybridized carbons (Fsp3) is 0.235. The molecule has 0 aliphatic rings. The molecular formula is C17H16BrCl2N3O3S. The third kappa shape index (κ3) is 3.89. The standard InChI is InChI=1S/C17H16BrCl2N3O3S/c1-10-16(18)23-8-4-5-14(17(23)21-10)26-9-11-12(19)6-7-13(15(11)20)22(2)27(3,24)25/h4-8H,9H2,1-3H3. The zero-order valence-electron chi connectivity index (χ0n) is 14.7. The van der Waals surface area contributed by atoms with Crippen LogP contribution in [-0.2, 0) is 16.6 Å². The quantitative estimate of drug-likeness (QED) is 0.518. The van der Waals surface area contributed by atoms with Crippen LogP contribution in [0.1, 0.15) is 11.3 Å². The zero-order chi connectivity index (χ0) is 19.9. The Labute approximate surface area is 175 Å². The number of ether oxygens (including phenoxy) is 1. The van der Waals surface area contributed by atoms with Gasteiger partial charge in [0.1, 0.15) is 11.2 Å². The van der Waals surface area contributed by atoms with Crippen LogP contribution in [0.15, 0.2) is 35.1 Å². The maximum atomic E-state index is 11.8. The molecule has 0 spiro atoms. The molecule has 0 fully saturated rings. The first-order valence-electron chi connectivity index (χ1n) is 7.78. The van der Waals surface area contributed by atoms with Gasteiger partial charge in [-0.2, -0.15) is 0 Å². The van der Waals surface area contributed by atoms with Gasteiger partial charge in [-0.15, -0.1) is 0 Å². The van der Waals surface area contributed by atoms with Crippen molar-refractivity contribution in [3.63, 3.8) is 0 Å². The minimum atomic E-state index is -3.46. The molecule has 10 heteroatoms. The van der Waals surface area contributed by atoms with Crippen molar-refractivity contribution in [2.24, 2.45) is 0 Å². The number of benzene rings is 1. The highest BCUT2D eigenvalue weighted by Crippen LogP contribution is 2.35. The largest absolute Gasteiger partial charge is 0.485 e. The van der Waals surface area contributed by atoms with Gasteiger partial charge in [0, 0.05) is 23.8 Å². The molecule has 0 unspecified atom stereocenters. The number of anilines is 1. The Kier molecular flexibility index (Phi) is 5.63. The van der Waals surface area contributed by atoms with Crippen molar-refractivity contribution in [1.29, 1.82) is 0 Å². The van der Waals surface area contributed by atoms with Gasteiger partial charge in [-0.3, -0.25) is 8.71 Å². The highest BCUT2D eigenvalue weighted by atomic mass is 79.9. The molecule has 0 atom stereocenters. The lowest BCUT2D eigenvalue weighted by Gasteiger charge is -2.20. The number of nitrogens with zero attached hydrogens (tertiary/aromatic N) is 3. The second-order valence-electron chi connectivity index (χ2n) is 5.93. The lowest BCUT2D eigenvalue weighted by Crippen LogP contribution is -2.25. The number of rotatable bonds is 5. The molecule has 3 aromatic rings. The van der Waals surface area contributed by atoms with Gasteiger partial charge < -0.3 is 4.74 Å². The Morgan fingerprint density at radius 2 is 2.00 bits per heavy atom. The summed E-state index contributed by atoms with van der Waals surface area (Å²) in [5, 5.41) is 0.612. The van der Waals surface area contributed by atoms with E-state index in [4.69, 9.17) is 27.9 Å². The summed E-state index contributed by atoms with van der Waals surface area (Å²) < 4.78 is 33.4. The predicted octanol–water partition coefficient (Wildman–Crippen LogP) is 4.69. The fourth-order valence-corrected chi connectivity index (χ4v) is 4.07. The second kappa shape index (κ2) is 7.50. The van der Waals surface area contributed by atoms with E-state index in [1.807, 2.05) is 23.6 Å². The Balaban J connectivity index is 1.97. The Hall–Kier alpha value is -1.48. The summed E-state index contributed by atoms with van der Waals surface area (Å²) in [6, 6.07) is 6.79. The van der Waals surface area contributed by atoms with E-state index in [0.717, 1.165) is 20.9 Å². The first-order chi connectivity index (χ1) is 12.6. The van der Waals surface area contributed by atoms with Gasteiger partial charge in [0.15, 0.2) is 11.4 Å². The highest BCUT2D eigenvalue weighted by Gasteiger charge is 2.20. The van der Waals surface area contributed by atoms with Gasteiger partial charge in [-0.25, -0.2) is 13.4 Å². The molecule has 2 aromatic heterocycles. The van der Waals surface area contributed by atoms with Crippen LogP contribution in [0.4, 0.5) is 5.69 Å². The van der Waals surface area contributed by atoms with Gasteiger partial charge >= 0.3 is 0 Å². The van der Waals surface area contributed by atoms with Gasteiger partial charge in [0.05, 0.1) is 22.7 Å². The zero-order valence-corrected chi connectivity index (χ0v) is 18.6. The van der Waals surface area contributed by atoms with Crippen molar-refractivity contribution >= 4 is 60.5 Å². The molecular weight excluding hydrogens is 477 g/mol. The highest BCUT2D eigenvalue weighted by molar-refractivity contribution is 9.10. The second-order valence-corrected chi connectivity index (χ2v) is 9.48. The number of aromatic nitrogens is 2. The average Bonchev–Trinajstić information content (AvgIpc) is 2.89. The predicted molar refractivity (Wildman–Crippen MR) is 112 cm³/mol. The summed E-state index contributed by atoms with van der Waals surface area (Å²) in [5.74, 6) is 0.556. The summed E-state index contributed by atoms with van der Waals surface area (Å²) >= 11 is 16.2. The molecule has 1 aromatic carbocycles. The number of hydrogen-bond donors (Lipinski definition) is 0. The molecule has 0 aliphatic carbocycles. The number of sulfonamides is 1. The normalized spacial score (nSPS) is 11.8. The molecule has 2 heterocycles. The number of aryl methyl sites for hydroxylation is 1. The van der Waals surface area contributed by atoms with Crippen LogP contribution in [0.5, 0.6) is 5.75 Å². The lowest BCUT2D eigenvalue weighted by molar-refractivity contribution is 0.308. The van der Waals surface area contributed by atoms with Crippen molar-refractivity contribution in [3.05, 3.63) is 56.4 Å². The monoisotopic (exact) mass is 491 g/mol. The number of fused-ring (bicyclic) bond motifs is 1. The summed E-state index contributed by atoms with van der Waals surface area (Å²) in [6.45, 7) is 1.95. The Morgan fingerprint density at radius 1 is 1.30 bits per heavy atom. The third-order valence-electron chi connectivity index (χ3n) is 4.09. The van der Waals surface area contributed by atoms with Crippen molar-refractivity contribution in [2.45, 2.75) is 13.5 Å². The summed E-state index contributed by atoms with van der Waals surface area (Å²) in [5.41, 5.74) is 2.31. The van der Waals surface area contributed by atoms with Gasteiger partial charge in [-0.1, -0.05) is 23.2 Å². The summed E-state index contributed by atoms with van der Waals surface area (Å²) in [4.78, 5) is 4.49. The summed E-state index contributed by atoms with van der Waals surface area (Å²) in [6.07, 6.45) is 2.97. The Morgan fingerprint density at radius 3 is 2.67 bits per heavy atom. The molecule has 0 saturated heterocycles. The minimum Gasteiger partial charge on any atom is -0.485 e. The van der Waals surface area contributed by atoms with E-state index in [1.165, 1.54) is 7.05 Å². The van der Waals surface area contributed by atoms with E-state index in [0.29, 0.717) is 27.7 Å². The molecule has 6 nitrogen and oxygen atoms in total. The number of hydrogen-bond acceptors (Lipinski definition) is 4. The molecule has 0 radical (unpaired) electrons. The molecule has 0 saturated carbocycles. The summed E-state index contributed by atoms with van der Waals surface area (Å²) in [7, 11) is -2.03. The number of imidazole rings is 1. The van der Waals surface area contributed by atoms with E-state index in [1.54, 1.807) is 18.2 Å². The van der Waals surface area contributed by atoms with Crippen molar-refractivity contribution in [2.75, 3.05) is 17.6 Å². The molecule has 144 valence electrons. The van der Waals surface area contributed by atoms with Crippen LogP contribution in [0.25, 0.3) is 5.65 Å². The first kappa shape index (κ1) is 20.3. The average molecular weight is 493 g/mol. The minimum absolute atomic E-state index is 0.0618. The van der Waals surface area contributed by atoms with Gasteiger partial charge in [0.25, 0.3) is 0 Å². The van der Waals surface area contributed by atoms with Crippen LogP contribution in [0.2, 0.25) is 10.0 Å². The van der Waals surface area contributed by atoms with Gasteiger partial charge in [0.2, 0.25) is 10.0 Å². The van der Waals surface area contributed by atoms with Crippen LogP contribution < -0.4 is 9.04 Å². The van der Waals surface area contributed by atoms with Crippen LogP contribution in [-0.4, -0.2) is 31.1 Å². The molecule has 0 bridgehead atoms. The van der Waals surface area contributed by atoms with E-state index >= 15 is 0 Å². The number of halogens is 3. The smallest absolute Gasteiger partial charge is 0.232 e. The van der Waals surface area contributed by atoms with E-state index in [9.17, 15) is 8.42 Å². The fourth-order valence-electron chi connectivity index (χ4n) is 2.53. The van der Waals surface area contributed by atoms with E-state index < -0.39 is 10.0 Å². The first-order valence-corrected chi connectivity index (χ1v) is 11.2. The maximum Gasteiger partial charge on any atom is 0.232 e. The van der Waals surface area contributed by atoms with Crippen LogP contribution in [0.3, 0.4) is 0 Å².